The summed E-state index contributed by atoms with van der Waals surface area (Å²) >= 11 is 1.75. The van der Waals surface area contributed by atoms with Crippen LogP contribution in [0.2, 0.25) is 0 Å². The highest BCUT2D eigenvalue weighted by Crippen LogP contribution is 2.36. The van der Waals surface area contributed by atoms with Gasteiger partial charge in [0.1, 0.15) is 5.54 Å². The van der Waals surface area contributed by atoms with Crippen LogP contribution < -0.4 is 5.32 Å². The van der Waals surface area contributed by atoms with Crippen molar-refractivity contribution in [3.63, 3.8) is 0 Å². The molecule has 1 saturated carbocycles. The SMILES string of the molecule is C[C@@H]1C[C@H](c2ccsc2)CN1CCN1C(=O)NC2(CCCC2)C1=O. The van der Waals surface area contributed by atoms with Gasteiger partial charge in [-0.1, -0.05) is 12.8 Å². The van der Waals surface area contributed by atoms with Crippen molar-refractivity contribution in [2.75, 3.05) is 19.6 Å². The Morgan fingerprint density at radius 2 is 2.08 bits per heavy atom. The first-order chi connectivity index (χ1) is 11.6. The van der Waals surface area contributed by atoms with Gasteiger partial charge in [0.2, 0.25) is 0 Å². The maximum absolute atomic E-state index is 12.7. The molecule has 2 saturated heterocycles. The molecule has 3 fully saturated rings. The number of nitrogens with one attached hydrogen (secondary N) is 1. The summed E-state index contributed by atoms with van der Waals surface area (Å²) in [6.45, 7) is 4.55. The lowest BCUT2D eigenvalue weighted by Crippen LogP contribution is -2.45. The topological polar surface area (TPSA) is 52.6 Å². The van der Waals surface area contributed by atoms with Gasteiger partial charge in [-0.25, -0.2) is 4.79 Å². The fraction of sp³-hybridized carbons (Fsp3) is 0.667. The van der Waals surface area contributed by atoms with E-state index < -0.39 is 5.54 Å². The van der Waals surface area contributed by atoms with Gasteiger partial charge in [-0.15, -0.1) is 0 Å². The predicted molar refractivity (Wildman–Crippen MR) is 94.2 cm³/mol. The van der Waals surface area contributed by atoms with Gasteiger partial charge in [0.05, 0.1) is 0 Å². The largest absolute Gasteiger partial charge is 0.325 e. The quantitative estimate of drug-likeness (QED) is 0.852. The Bertz CT molecular complexity index is 624. The van der Waals surface area contributed by atoms with Crippen molar-refractivity contribution >= 4 is 23.3 Å². The minimum absolute atomic E-state index is 0.00577. The number of carbonyl (C=O) groups excluding carboxylic acids is 2. The van der Waals surface area contributed by atoms with E-state index in [4.69, 9.17) is 0 Å². The third-order valence-corrected chi connectivity index (χ3v) is 6.73. The summed E-state index contributed by atoms with van der Waals surface area (Å²) in [6.07, 6.45) is 4.82. The third-order valence-electron chi connectivity index (χ3n) is 6.03. The number of rotatable bonds is 4. The van der Waals surface area contributed by atoms with Crippen molar-refractivity contribution in [3.05, 3.63) is 22.4 Å². The highest BCUT2D eigenvalue weighted by molar-refractivity contribution is 7.08. The molecule has 5 nitrogen and oxygen atoms in total. The molecular formula is C18H25N3O2S. The lowest BCUT2D eigenvalue weighted by molar-refractivity contribution is -0.131. The van der Waals surface area contributed by atoms with E-state index in [1.165, 1.54) is 10.5 Å². The second-order valence-corrected chi connectivity index (χ2v) is 8.29. The summed E-state index contributed by atoms with van der Waals surface area (Å²) in [4.78, 5) is 28.8. The molecule has 130 valence electrons. The van der Waals surface area contributed by atoms with E-state index in [0.29, 0.717) is 18.5 Å². The van der Waals surface area contributed by atoms with Crippen molar-refractivity contribution < 1.29 is 9.59 Å². The van der Waals surface area contributed by atoms with E-state index in [9.17, 15) is 9.59 Å². The summed E-state index contributed by atoms with van der Waals surface area (Å²) in [5.41, 5.74) is 0.849. The first-order valence-electron chi connectivity index (χ1n) is 8.99. The second kappa shape index (κ2) is 6.15. The third kappa shape index (κ3) is 2.65. The molecule has 1 aliphatic carbocycles. The molecule has 4 rings (SSSR count). The molecule has 0 unspecified atom stereocenters. The highest BCUT2D eigenvalue weighted by Gasteiger charge is 2.52. The van der Waals surface area contributed by atoms with E-state index in [1.807, 2.05) is 0 Å². The van der Waals surface area contributed by atoms with Crippen LogP contribution in [-0.2, 0) is 4.79 Å². The van der Waals surface area contributed by atoms with Crippen LogP contribution in [-0.4, -0.2) is 53.0 Å². The molecule has 1 N–H and O–H groups in total. The number of urea groups is 1. The molecule has 1 aromatic heterocycles. The molecule has 3 heterocycles. The summed E-state index contributed by atoms with van der Waals surface area (Å²) in [5, 5.41) is 7.34. The maximum atomic E-state index is 12.7. The Morgan fingerprint density at radius 1 is 1.29 bits per heavy atom. The number of amides is 3. The number of hydrogen-bond donors (Lipinski definition) is 1. The minimum atomic E-state index is -0.576. The van der Waals surface area contributed by atoms with Crippen molar-refractivity contribution in [2.24, 2.45) is 0 Å². The number of likely N-dealkylation sites (tertiary alicyclic amines) is 1. The molecule has 2 aliphatic heterocycles. The molecule has 3 amide bonds. The van der Waals surface area contributed by atoms with Crippen molar-refractivity contribution in [1.29, 1.82) is 0 Å². The van der Waals surface area contributed by atoms with Crippen LogP contribution in [0.4, 0.5) is 4.79 Å². The Kier molecular flexibility index (Phi) is 4.12. The fourth-order valence-electron chi connectivity index (χ4n) is 4.58. The fourth-order valence-corrected chi connectivity index (χ4v) is 5.33. The zero-order chi connectivity index (χ0) is 16.7. The predicted octanol–water partition coefficient (Wildman–Crippen LogP) is 2.79. The lowest BCUT2D eigenvalue weighted by Gasteiger charge is -2.24. The van der Waals surface area contributed by atoms with Crippen molar-refractivity contribution in [1.82, 2.24) is 15.1 Å². The summed E-state index contributed by atoms with van der Waals surface area (Å²) in [5.74, 6) is 0.585. The maximum Gasteiger partial charge on any atom is 0.325 e. The molecule has 3 aliphatic rings. The van der Waals surface area contributed by atoms with Crippen LogP contribution in [0.1, 0.15) is 50.5 Å². The molecule has 0 bridgehead atoms. The smallest absolute Gasteiger partial charge is 0.323 e. The number of hydrogen-bond acceptors (Lipinski definition) is 4. The second-order valence-electron chi connectivity index (χ2n) is 7.51. The molecular weight excluding hydrogens is 322 g/mol. The van der Waals surface area contributed by atoms with Gasteiger partial charge in [0.15, 0.2) is 0 Å². The van der Waals surface area contributed by atoms with E-state index >= 15 is 0 Å². The van der Waals surface area contributed by atoms with Gasteiger partial charge in [0, 0.05) is 25.7 Å². The molecule has 1 spiro atoms. The van der Waals surface area contributed by atoms with Gasteiger partial charge in [-0.3, -0.25) is 14.6 Å². The first kappa shape index (κ1) is 16.1. The van der Waals surface area contributed by atoms with E-state index in [-0.39, 0.29) is 11.9 Å². The molecule has 2 atom stereocenters. The standard InChI is InChI=1S/C18H25N3O2S/c1-13-10-15(14-4-9-24-12-14)11-20(13)7-8-21-16(22)18(19-17(21)23)5-2-3-6-18/h4,9,12-13,15H,2-3,5-8,10-11H2,1H3,(H,19,23)/t13-,15+/m1/s1. The number of carbonyl (C=O) groups is 2. The van der Waals surface area contributed by atoms with Crippen LogP contribution in [0.15, 0.2) is 16.8 Å². The van der Waals surface area contributed by atoms with E-state index in [2.05, 4.69) is 34.0 Å². The van der Waals surface area contributed by atoms with Gasteiger partial charge < -0.3 is 5.32 Å². The zero-order valence-electron chi connectivity index (χ0n) is 14.2. The van der Waals surface area contributed by atoms with Gasteiger partial charge in [0.25, 0.3) is 5.91 Å². The zero-order valence-corrected chi connectivity index (χ0v) is 15.0. The number of nitrogens with zero attached hydrogens (tertiary/aromatic N) is 2. The minimum Gasteiger partial charge on any atom is -0.323 e. The van der Waals surface area contributed by atoms with Crippen molar-refractivity contribution in [2.45, 2.75) is 56.5 Å². The Morgan fingerprint density at radius 3 is 2.79 bits per heavy atom. The lowest BCUT2D eigenvalue weighted by atomic mass is 9.98. The summed E-state index contributed by atoms with van der Waals surface area (Å²) in [6, 6.07) is 2.52. The normalized spacial score (nSPS) is 29.8. The number of thiophene rings is 1. The average molecular weight is 347 g/mol. The Labute approximate surface area is 147 Å². The first-order valence-corrected chi connectivity index (χ1v) is 9.94. The molecule has 24 heavy (non-hydrogen) atoms. The van der Waals surface area contributed by atoms with E-state index in [1.54, 1.807) is 11.3 Å². The van der Waals surface area contributed by atoms with Crippen LogP contribution >= 0.6 is 11.3 Å². The molecule has 0 aromatic carbocycles. The van der Waals surface area contributed by atoms with E-state index in [0.717, 1.165) is 45.2 Å². The Hall–Kier alpha value is -1.40. The molecule has 0 radical (unpaired) electrons. The van der Waals surface area contributed by atoms with Gasteiger partial charge >= 0.3 is 6.03 Å². The number of imide groups is 1. The van der Waals surface area contributed by atoms with Crippen LogP contribution in [0.5, 0.6) is 0 Å². The molecule has 6 heteroatoms. The van der Waals surface area contributed by atoms with Gasteiger partial charge in [-0.2, -0.15) is 11.3 Å². The van der Waals surface area contributed by atoms with Crippen LogP contribution in [0, 0.1) is 0 Å². The van der Waals surface area contributed by atoms with Gasteiger partial charge in [-0.05, 0) is 54.5 Å². The summed E-state index contributed by atoms with van der Waals surface area (Å²) < 4.78 is 0. The summed E-state index contributed by atoms with van der Waals surface area (Å²) in [7, 11) is 0. The Balaban J connectivity index is 1.37. The monoisotopic (exact) mass is 347 g/mol. The van der Waals surface area contributed by atoms with Crippen LogP contribution in [0.3, 0.4) is 0 Å². The van der Waals surface area contributed by atoms with Crippen molar-refractivity contribution in [3.8, 4) is 0 Å². The molecule has 1 aromatic rings. The van der Waals surface area contributed by atoms with Crippen LogP contribution in [0.25, 0.3) is 0 Å². The highest BCUT2D eigenvalue weighted by atomic mass is 32.1. The average Bonchev–Trinajstić information content (AvgIpc) is 3.30.